The molecule has 0 aliphatic heterocycles. The molecule has 0 N–H and O–H groups in total. The van der Waals surface area contributed by atoms with Gasteiger partial charge in [-0.3, -0.25) is 9.59 Å². The van der Waals surface area contributed by atoms with E-state index < -0.39 is 24.3 Å². The highest BCUT2D eigenvalue weighted by Crippen LogP contribution is 2.15. The highest BCUT2D eigenvalue weighted by atomic mass is 16.7. The van der Waals surface area contributed by atoms with Crippen molar-refractivity contribution in [3.05, 3.63) is 109 Å². The van der Waals surface area contributed by atoms with Gasteiger partial charge < -0.3 is 33.3 Å². The fourth-order valence-corrected chi connectivity index (χ4v) is 7.61. The predicted octanol–water partition coefficient (Wildman–Crippen LogP) is 15.8. The molecule has 0 aromatic carbocycles. The Morgan fingerprint density at radius 1 is 0.411 bits per heavy atom. The molecule has 0 spiro atoms. The third kappa shape index (κ3) is 55.5. The quantitative estimate of drug-likeness (QED) is 0.0195. The van der Waals surface area contributed by atoms with Crippen LogP contribution < -0.4 is 5.11 Å². The van der Waals surface area contributed by atoms with Gasteiger partial charge in [-0.25, -0.2) is 0 Å². The highest BCUT2D eigenvalue weighted by Gasteiger charge is 2.22. The number of carboxylic acid groups (broad SMARTS) is 1. The van der Waals surface area contributed by atoms with Crippen LogP contribution in [-0.4, -0.2) is 82.3 Å². The number of hydrogen-bond donors (Lipinski definition) is 0. The Labute approximate surface area is 447 Å². The summed E-state index contributed by atoms with van der Waals surface area (Å²) >= 11 is 0. The number of likely N-dealkylation sites (N-methyl/N-ethyl adjacent to an activating group) is 1. The molecule has 2 unspecified atom stereocenters. The molecule has 73 heavy (non-hydrogen) atoms. The van der Waals surface area contributed by atoms with Gasteiger partial charge in [0.2, 0.25) is 0 Å². The van der Waals surface area contributed by atoms with Gasteiger partial charge in [-0.05, 0) is 96.3 Å². The number of carbonyl (C=O) groups is 3. The number of ether oxygens (including phenoxy) is 4. The predicted molar refractivity (Wildman–Crippen MR) is 306 cm³/mol. The number of allylic oxidation sites excluding steroid dienone is 18. The summed E-state index contributed by atoms with van der Waals surface area (Å²) in [5.74, 6) is -2.31. The first-order valence-corrected chi connectivity index (χ1v) is 29.0. The van der Waals surface area contributed by atoms with E-state index in [1.54, 1.807) is 0 Å². The van der Waals surface area contributed by atoms with Crippen LogP contribution in [0.5, 0.6) is 0 Å². The summed E-state index contributed by atoms with van der Waals surface area (Å²) in [6.45, 7) is 4.50. The number of hydrogen-bond acceptors (Lipinski definition) is 8. The first kappa shape index (κ1) is 69.0. The van der Waals surface area contributed by atoms with Crippen LogP contribution in [0.25, 0.3) is 0 Å². The lowest BCUT2D eigenvalue weighted by Gasteiger charge is -2.26. The van der Waals surface area contributed by atoms with Gasteiger partial charge in [0.15, 0.2) is 12.4 Å². The van der Waals surface area contributed by atoms with Crippen LogP contribution in [0, 0.1) is 0 Å². The van der Waals surface area contributed by atoms with Gasteiger partial charge in [-0.2, -0.15) is 0 Å². The molecule has 9 nitrogen and oxygen atoms in total. The molecular weight excluding hydrogens is 911 g/mol. The highest BCUT2D eigenvalue weighted by molar-refractivity contribution is 5.70. The minimum absolute atomic E-state index is 0.139. The number of unbranched alkanes of at least 4 members (excludes halogenated alkanes) is 19. The second-order valence-corrected chi connectivity index (χ2v) is 20.2. The monoisotopic (exact) mass is 1020 g/mol. The Hall–Kier alpha value is -4.05. The molecule has 0 amide bonds. The molecule has 416 valence electrons. The van der Waals surface area contributed by atoms with E-state index in [2.05, 4.69) is 123 Å². The molecule has 0 rings (SSSR count). The van der Waals surface area contributed by atoms with Crippen LogP contribution in [0.2, 0.25) is 0 Å². The van der Waals surface area contributed by atoms with E-state index in [0.717, 1.165) is 103 Å². The van der Waals surface area contributed by atoms with Crippen molar-refractivity contribution >= 4 is 17.9 Å². The van der Waals surface area contributed by atoms with Crippen molar-refractivity contribution < 1.29 is 42.9 Å². The maximum Gasteiger partial charge on any atom is 0.306 e. The molecule has 0 aliphatic carbocycles. The van der Waals surface area contributed by atoms with E-state index in [0.29, 0.717) is 17.4 Å². The minimum Gasteiger partial charge on any atom is -0.545 e. The number of carbonyl (C=O) groups excluding carboxylic acids is 3. The lowest BCUT2D eigenvalue weighted by Crippen LogP contribution is -2.44. The summed E-state index contributed by atoms with van der Waals surface area (Å²) < 4.78 is 22.7. The normalized spacial score (nSPS) is 13.6. The van der Waals surface area contributed by atoms with Gasteiger partial charge in [-0.1, -0.05) is 220 Å². The SMILES string of the molecule is CC/C=C\C/C=C\C/C=C\C/C=C\C/C=C\CCCCCCCCCC(=O)OC(COC(=O)CCCCCCCCCCCCCC/C=C\C/C=C\C/C=C\C/C=C\CC)COC(OCC[N+](C)(C)C)C(=O)[O-]. The summed E-state index contributed by atoms with van der Waals surface area (Å²) in [6, 6.07) is 0. The fourth-order valence-electron chi connectivity index (χ4n) is 7.61. The van der Waals surface area contributed by atoms with Crippen molar-refractivity contribution in [1.82, 2.24) is 0 Å². The Balaban J connectivity index is 4.29. The summed E-state index contributed by atoms with van der Waals surface area (Å²) in [4.78, 5) is 37.3. The minimum atomic E-state index is -1.63. The molecule has 0 aliphatic rings. The second kappa shape index (κ2) is 54.2. The summed E-state index contributed by atoms with van der Waals surface area (Å²) in [6.07, 6.45) is 71.3. The van der Waals surface area contributed by atoms with Crippen LogP contribution in [0.15, 0.2) is 109 Å². The van der Waals surface area contributed by atoms with E-state index in [1.165, 1.54) is 83.5 Å². The molecule has 2 atom stereocenters. The first-order chi connectivity index (χ1) is 35.6. The molecule has 0 bridgehead atoms. The van der Waals surface area contributed by atoms with Crippen molar-refractivity contribution in [2.75, 3.05) is 47.5 Å². The van der Waals surface area contributed by atoms with Gasteiger partial charge in [-0.15, -0.1) is 0 Å². The van der Waals surface area contributed by atoms with Crippen LogP contribution in [0.1, 0.15) is 219 Å². The zero-order valence-electron chi connectivity index (χ0n) is 47.2. The number of rotatable bonds is 52. The van der Waals surface area contributed by atoms with Gasteiger partial charge in [0.05, 0.1) is 40.3 Å². The standard InChI is InChI=1S/C64H107NO8/c1-6-8-10-12-14-16-18-20-22-24-26-28-30-31-33-34-36-38-40-42-44-46-48-50-52-54-61(66)71-58-60(59-72-64(63(68)69)70-57-56-65(3,4)5)73-62(67)55-53-51-49-47-45-43-41-39-37-35-32-29-27-25-23-21-19-17-15-13-11-9-7-2/h8-11,14-17,20-23,26-29,35,37,60,64H,6-7,12-13,18-19,24-25,30-34,36,38-59H2,1-5H3/b10-8-,11-9-,16-14-,17-15-,22-20-,23-21-,28-26-,29-27-,37-35-. The zero-order valence-corrected chi connectivity index (χ0v) is 47.2. The van der Waals surface area contributed by atoms with Gasteiger partial charge in [0.1, 0.15) is 13.2 Å². The number of nitrogens with zero attached hydrogens (tertiary/aromatic N) is 1. The molecule has 9 heteroatoms. The molecule has 0 radical (unpaired) electrons. The molecule has 0 heterocycles. The van der Waals surface area contributed by atoms with Crippen LogP contribution in [0.3, 0.4) is 0 Å². The largest absolute Gasteiger partial charge is 0.545 e. The van der Waals surface area contributed by atoms with Crippen LogP contribution >= 0.6 is 0 Å². The summed E-state index contributed by atoms with van der Waals surface area (Å²) in [5.41, 5.74) is 0. The zero-order chi connectivity index (χ0) is 53.4. The lowest BCUT2D eigenvalue weighted by atomic mass is 10.0. The summed E-state index contributed by atoms with van der Waals surface area (Å²) in [5, 5.41) is 11.8. The van der Waals surface area contributed by atoms with E-state index in [9.17, 15) is 19.5 Å². The Morgan fingerprint density at radius 2 is 0.740 bits per heavy atom. The lowest BCUT2D eigenvalue weighted by molar-refractivity contribution is -0.870. The van der Waals surface area contributed by atoms with Gasteiger partial charge >= 0.3 is 11.9 Å². The van der Waals surface area contributed by atoms with Gasteiger partial charge in [0.25, 0.3) is 0 Å². The van der Waals surface area contributed by atoms with E-state index in [4.69, 9.17) is 18.9 Å². The third-order valence-corrected chi connectivity index (χ3v) is 12.0. The van der Waals surface area contributed by atoms with Crippen LogP contribution in [-0.2, 0) is 33.3 Å². The van der Waals surface area contributed by atoms with Crippen molar-refractivity contribution in [3.8, 4) is 0 Å². The Bertz CT molecular complexity index is 1560. The molecule has 0 saturated heterocycles. The average Bonchev–Trinajstić information content (AvgIpc) is 3.36. The van der Waals surface area contributed by atoms with E-state index in [1.807, 2.05) is 21.1 Å². The molecule has 0 aromatic rings. The second-order valence-electron chi connectivity index (χ2n) is 20.2. The van der Waals surface area contributed by atoms with Gasteiger partial charge in [0, 0.05) is 12.8 Å². The van der Waals surface area contributed by atoms with Crippen LogP contribution in [0.4, 0.5) is 0 Å². The smallest absolute Gasteiger partial charge is 0.306 e. The number of carboxylic acids is 1. The summed E-state index contributed by atoms with van der Waals surface area (Å²) in [7, 11) is 5.91. The van der Waals surface area contributed by atoms with E-state index >= 15 is 0 Å². The molecule has 0 saturated carbocycles. The van der Waals surface area contributed by atoms with Crippen molar-refractivity contribution in [2.45, 2.75) is 232 Å². The first-order valence-electron chi connectivity index (χ1n) is 29.0. The Morgan fingerprint density at radius 3 is 1.10 bits per heavy atom. The average molecular weight is 1020 g/mol. The molecule has 0 fully saturated rings. The Kier molecular flexibility index (Phi) is 51.2. The number of aliphatic carboxylic acids is 1. The third-order valence-electron chi connectivity index (χ3n) is 12.0. The van der Waals surface area contributed by atoms with Crippen molar-refractivity contribution in [1.29, 1.82) is 0 Å². The fraction of sp³-hybridized carbons (Fsp3) is 0.672. The number of quaternary nitrogens is 1. The molecule has 0 aromatic heterocycles. The molecular formula is C64H107NO8. The van der Waals surface area contributed by atoms with Crippen molar-refractivity contribution in [2.24, 2.45) is 0 Å². The van der Waals surface area contributed by atoms with Crippen molar-refractivity contribution in [3.63, 3.8) is 0 Å². The van der Waals surface area contributed by atoms with E-state index in [-0.39, 0.29) is 38.6 Å². The maximum absolute atomic E-state index is 12.9. The number of esters is 2. The topological polar surface area (TPSA) is 111 Å². The maximum atomic E-state index is 12.9.